The zero-order chi connectivity index (χ0) is 47.2. The highest BCUT2D eigenvalue weighted by atomic mass is 16.6. The molecule has 0 amide bonds. The summed E-state index contributed by atoms with van der Waals surface area (Å²) in [4.78, 5) is 38.1. The zero-order valence-corrected chi connectivity index (χ0v) is 44.0. The minimum atomic E-state index is -0.767. The summed E-state index contributed by atoms with van der Waals surface area (Å²) < 4.78 is 16.9. The lowest BCUT2D eigenvalue weighted by Gasteiger charge is -2.18. The molecule has 0 aromatic carbocycles. The van der Waals surface area contributed by atoms with Crippen LogP contribution in [0.5, 0.6) is 0 Å². The average molecular weight is 918 g/mol. The topological polar surface area (TPSA) is 78.9 Å². The Morgan fingerprint density at radius 2 is 0.523 bits per heavy atom. The van der Waals surface area contributed by atoms with Crippen molar-refractivity contribution in [2.75, 3.05) is 13.2 Å². The van der Waals surface area contributed by atoms with E-state index in [0.717, 1.165) is 64.2 Å². The van der Waals surface area contributed by atoms with E-state index in [4.69, 9.17) is 14.2 Å². The lowest BCUT2D eigenvalue weighted by Crippen LogP contribution is -2.30. The van der Waals surface area contributed by atoms with Crippen LogP contribution in [-0.2, 0) is 28.6 Å². The molecule has 0 unspecified atom stereocenters. The van der Waals surface area contributed by atoms with Crippen molar-refractivity contribution in [2.24, 2.45) is 0 Å². The number of allylic oxidation sites excluding steroid dienone is 2. The zero-order valence-electron chi connectivity index (χ0n) is 44.0. The van der Waals surface area contributed by atoms with Crippen molar-refractivity contribution in [1.82, 2.24) is 0 Å². The van der Waals surface area contributed by atoms with Gasteiger partial charge in [0.05, 0.1) is 0 Å². The van der Waals surface area contributed by atoms with Crippen LogP contribution >= 0.6 is 0 Å². The highest BCUT2D eigenvalue weighted by molar-refractivity contribution is 5.71. The Hall–Kier alpha value is -1.85. The third-order valence-electron chi connectivity index (χ3n) is 13.3. The first-order chi connectivity index (χ1) is 32.0. The lowest BCUT2D eigenvalue weighted by atomic mass is 10.0. The standard InChI is InChI=1S/C59H112O6/c1-4-7-10-13-16-19-22-24-26-28-30-32-34-37-40-43-46-49-52-58(61)64-55-56(54-63-57(60)51-48-45-42-39-36-21-18-15-12-9-6-3)65-59(62)53-50-47-44-41-38-35-33-31-29-27-25-23-20-17-14-11-8-5-2/h15,18,56H,4-14,16-17,19-55H2,1-3H3/b18-15-/t56-/m1/s1. The molecule has 0 aromatic rings. The van der Waals surface area contributed by atoms with Crippen LogP contribution in [0.2, 0.25) is 0 Å². The van der Waals surface area contributed by atoms with Gasteiger partial charge in [-0.2, -0.15) is 0 Å². The number of hydrogen-bond donors (Lipinski definition) is 0. The summed E-state index contributed by atoms with van der Waals surface area (Å²) in [5, 5.41) is 0. The van der Waals surface area contributed by atoms with E-state index in [0.29, 0.717) is 19.3 Å². The highest BCUT2D eigenvalue weighted by Crippen LogP contribution is 2.17. The maximum Gasteiger partial charge on any atom is 0.306 e. The number of carbonyl (C=O) groups is 3. The molecule has 0 saturated heterocycles. The van der Waals surface area contributed by atoms with Crippen molar-refractivity contribution >= 4 is 17.9 Å². The fourth-order valence-corrected chi connectivity index (χ4v) is 8.84. The van der Waals surface area contributed by atoms with E-state index in [1.807, 2.05) is 0 Å². The fourth-order valence-electron chi connectivity index (χ4n) is 8.84. The van der Waals surface area contributed by atoms with Gasteiger partial charge in [0.1, 0.15) is 13.2 Å². The Morgan fingerprint density at radius 1 is 0.292 bits per heavy atom. The molecule has 0 spiro atoms. The van der Waals surface area contributed by atoms with Crippen LogP contribution in [-0.4, -0.2) is 37.2 Å². The summed E-state index contributed by atoms with van der Waals surface area (Å²) in [6, 6.07) is 0. The predicted molar refractivity (Wildman–Crippen MR) is 280 cm³/mol. The van der Waals surface area contributed by atoms with Gasteiger partial charge in [-0.3, -0.25) is 14.4 Å². The van der Waals surface area contributed by atoms with Crippen LogP contribution in [0.3, 0.4) is 0 Å². The molecule has 0 saturated carbocycles. The summed E-state index contributed by atoms with van der Waals surface area (Å²) >= 11 is 0. The molecule has 0 rings (SSSR count). The first-order valence-corrected chi connectivity index (χ1v) is 29.2. The van der Waals surface area contributed by atoms with Gasteiger partial charge in [-0.1, -0.05) is 283 Å². The number of unbranched alkanes of at least 4 members (excludes halogenated alkanes) is 41. The molecule has 0 N–H and O–H groups in total. The first kappa shape index (κ1) is 63.1. The summed E-state index contributed by atoms with van der Waals surface area (Å²) in [6.07, 6.45) is 62.1. The third-order valence-corrected chi connectivity index (χ3v) is 13.3. The number of esters is 3. The van der Waals surface area contributed by atoms with Gasteiger partial charge in [0, 0.05) is 19.3 Å². The van der Waals surface area contributed by atoms with Gasteiger partial charge in [-0.05, 0) is 38.5 Å². The highest BCUT2D eigenvalue weighted by Gasteiger charge is 2.19. The molecule has 0 heterocycles. The molecular weight excluding hydrogens is 805 g/mol. The summed E-state index contributed by atoms with van der Waals surface area (Å²) in [6.45, 7) is 6.66. The Bertz CT molecular complexity index is 1010. The van der Waals surface area contributed by atoms with Crippen molar-refractivity contribution in [3.63, 3.8) is 0 Å². The van der Waals surface area contributed by atoms with Gasteiger partial charge >= 0.3 is 17.9 Å². The lowest BCUT2D eigenvalue weighted by molar-refractivity contribution is -0.167. The van der Waals surface area contributed by atoms with Crippen LogP contribution in [0.15, 0.2) is 12.2 Å². The number of hydrogen-bond acceptors (Lipinski definition) is 6. The van der Waals surface area contributed by atoms with Crippen molar-refractivity contribution in [1.29, 1.82) is 0 Å². The maximum absolute atomic E-state index is 12.8. The second-order valence-corrected chi connectivity index (χ2v) is 19.9. The summed E-state index contributed by atoms with van der Waals surface area (Å²) in [5.74, 6) is -0.852. The molecule has 384 valence electrons. The van der Waals surface area contributed by atoms with Crippen LogP contribution in [0, 0.1) is 0 Å². The predicted octanol–water partition coefficient (Wildman–Crippen LogP) is 19.3. The largest absolute Gasteiger partial charge is 0.462 e. The second kappa shape index (κ2) is 54.8. The van der Waals surface area contributed by atoms with E-state index in [-0.39, 0.29) is 31.1 Å². The maximum atomic E-state index is 12.8. The smallest absolute Gasteiger partial charge is 0.306 e. The number of rotatable bonds is 54. The molecule has 0 radical (unpaired) electrons. The van der Waals surface area contributed by atoms with Crippen molar-refractivity contribution in [3.05, 3.63) is 12.2 Å². The minimum absolute atomic E-state index is 0.0666. The first-order valence-electron chi connectivity index (χ1n) is 29.2. The van der Waals surface area contributed by atoms with Crippen molar-refractivity contribution in [2.45, 2.75) is 335 Å². The van der Waals surface area contributed by atoms with Crippen LogP contribution in [0.4, 0.5) is 0 Å². The van der Waals surface area contributed by atoms with E-state index in [1.165, 1.54) is 225 Å². The molecule has 0 bridgehead atoms. The molecule has 6 heteroatoms. The van der Waals surface area contributed by atoms with Crippen molar-refractivity contribution in [3.8, 4) is 0 Å². The number of ether oxygens (including phenoxy) is 3. The van der Waals surface area contributed by atoms with Gasteiger partial charge in [0.15, 0.2) is 6.10 Å². The van der Waals surface area contributed by atoms with E-state index in [1.54, 1.807) is 0 Å². The van der Waals surface area contributed by atoms with Gasteiger partial charge in [0.25, 0.3) is 0 Å². The fraction of sp³-hybridized carbons (Fsp3) is 0.915. The molecule has 0 aliphatic carbocycles. The van der Waals surface area contributed by atoms with E-state index in [2.05, 4.69) is 32.9 Å². The Morgan fingerprint density at radius 3 is 0.815 bits per heavy atom. The van der Waals surface area contributed by atoms with Gasteiger partial charge in [-0.25, -0.2) is 0 Å². The van der Waals surface area contributed by atoms with Gasteiger partial charge < -0.3 is 14.2 Å². The molecule has 0 aliphatic rings. The molecule has 0 fully saturated rings. The van der Waals surface area contributed by atoms with E-state index < -0.39 is 6.10 Å². The molecule has 1 atom stereocenters. The Balaban J connectivity index is 4.26. The minimum Gasteiger partial charge on any atom is -0.462 e. The van der Waals surface area contributed by atoms with Crippen LogP contribution in [0.1, 0.15) is 329 Å². The van der Waals surface area contributed by atoms with Crippen LogP contribution in [0.25, 0.3) is 0 Å². The molecular formula is C59H112O6. The summed E-state index contributed by atoms with van der Waals surface area (Å²) in [5.41, 5.74) is 0. The third kappa shape index (κ3) is 53.0. The normalized spacial score (nSPS) is 12.0. The Kier molecular flexibility index (Phi) is 53.2. The second-order valence-electron chi connectivity index (χ2n) is 19.9. The quantitative estimate of drug-likeness (QED) is 0.0262. The van der Waals surface area contributed by atoms with E-state index >= 15 is 0 Å². The number of carbonyl (C=O) groups excluding carboxylic acids is 3. The Labute approximate surface area is 405 Å². The van der Waals surface area contributed by atoms with Gasteiger partial charge in [-0.15, -0.1) is 0 Å². The molecule has 0 aliphatic heterocycles. The monoisotopic (exact) mass is 917 g/mol. The average Bonchev–Trinajstić information content (AvgIpc) is 3.30. The SMILES string of the molecule is CCCC/C=C\CCCCCCCC(=O)OC[C@H](COC(=O)CCCCCCCCCCCCCCCCCCCC)OC(=O)CCCCCCCCCCCCCCCCCCCC. The summed E-state index contributed by atoms with van der Waals surface area (Å²) in [7, 11) is 0. The molecule has 6 nitrogen and oxygen atoms in total. The molecule has 65 heavy (non-hydrogen) atoms. The van der Waals surface area contributed by atoms with E-state index in [9.17, 15) is 14.4 Å². The van der Waals surface area contributed by atoms with Crippen molar-refractivity contribution < 1.29 is 28.6 Å². The van der Waals surface area contributed by atoms with Crippen LogP contribution < -0.4 is 0 Å². The van der Waals surface area contributed by atoms with Gasteiger partial charge in [0.2, 0.25) is 0 Å². The molecule has 0 aromatic heterocycles.